The van der Waals surface area contributed by atoms with Gasteiger partial charge >= 0.3 is 0 Å². The minimum absolute atomic E-state index is 0.0788. The van der Waals surface area contributed by atoms with E-state index in [1.165, 1.54) is 0 Å². The molecule has 1 aromatic heterocycles. The fourth-order valence-electron chi connectivity index (χ4n) is 2.46. The summed E-state index contributed by atoms with van der Waals surface area (Å²) in [4.78, 5) is 20.0. The molecule has 0 bridgehead atoms. The highest BCUT2D eigenvalue weighted by atomic mass is 32.2. The maximum atomic E-state index is 12.8. The molecule has 23 heavy (non-hydrogen) atoms. The van der Waals surface area contributed by atoms with Crippen LogP contribution in [0.1, 0.15) is 28.8 Å². The fraction of sp³-hybridized carbons (Fsp3) is 0.333. The molecule has 0 unspecified atom stereocenters. The van der Waals surface area contributed by atoms with Crippen molar-refractivity contribution in [3.63, 3.8) is 0 Å². The van der Waals surface area contributed by atoms with E-state index in [9.17, 15) is 4.79 Å². The van der Waals surface area contributed by atoms with E-state index in [1.54, 1.807) is 18.0 Å². The van der Waals surface area contributed by atoms with Crippen LogP contribution in [0, 0.1) is 0 Å². The van der Waals surface area contributed by atoms with E-state index in [-0.39, 0.29) is 12.5 Å². The van der Waals surface area contributed by atoms with Crippen LogP contribution in [0.25, 0.3) is 0 Å². The summed E-state index contributed by atoms with van der Waals surface area (Å²) in [6, 6.07) is 11.9. The van der Waals surface area contributed by atoms with E-state index < -0.39 is 0 Å². The van der Waals surface area contributed by atoms with Gasteiger partial charge in [-0.25, -0.2) is 0 Å². The van der Waals surface area contributed by atoms with Crippen LogP contribution in [0.4, 0.5) is 0 Å². The van der Waals surface area contributed by atoms with Gasteiger partial charge in [-0.1, -0.05) is 6.07 Å². The third kappa shape index (κ3) is 4.33. The number of hydrogen-bond donors (Lipinski definition) is 1. The number of thioether (sulfide) groups is 1. The van der Waals surface area contributed by atoms with E-state index in [0.717, 1.165) is 23.3 Å². The number of benzene rings is 1. The number of rotatable bonds is 7. The second kappa shape index (κ2) is 7.62. The largest absolute Gasteiger partial charge is 0.396 e. The van der Waals surface area contributed by atoms with Crippen molar-refractivity contribution in [3.8, 4) is 0 Å². The smallest absolute Gasteiger partial charge is 0.254 e. The zero-order valence-electron chi connectivity index (χ0n) is 12.9. The van der Waals surface area contributed by atoms with Crippen LogP contribution < -0.4 is 0 Å². The van der Waals surface area contributed by atoms with Gasteiger partial charge in [0, 0.05) is 41.2 Å². The lowest BCUT2D eigenvalue weighted by molar-refractivity contribution is 0.0729. The summed E-state index contributed by atoms with van der Waals surface area (Å²) in [5, 5.41) is 8.86. The first-order valence-electron chi connectivity index (χ1n) is 7.81. The fourth-order valence-corrected chi connectivity index (χ4v) is 3.12. The summed E-state index contributed by atoms with van der Waals surface area (Å²) < 4.78 is 0. The van der Waals surface area contributed by atoms with Crippen LogP contribution in [-0.2, 0) is 6.54 Å². The lowest BCUT2D eigenvalue weighted by Crippen LogP contribution is -2.32. The Kier molecular flexibility index (Phi) is 5.31. The second-order valence-electron chi connectivity index (χ2n) is 5.62. The first-order chi connectivity index (χ1) is 11.3. The van der Waals surface area contributed by atoms with Gasteiger partial charge < -0.3 is 10.0 Å². The van der Waals surface area contributed by atoms with Crippen molar-refractivity contribution in [1.29, 1.82) is 0 Å². The SMILES string of the molecule is O=C(c1ccc(SCCO)cc1)N(Cc1cccnc1)C1CC1. The summed E-state index contributed by atoms with van der Waals surface area (Å²) in [6.07, 6.45) is 5.72. The Morgan fingerprint density at radius 3 is 2.65 bits per heavy atom. The molecule has 0 saturated heterocycles. The monoisotopic (exact) mass is 328 g/mol. The van der Waals surface area contributed by atoms with Crippen LogP contribution in [-0.4, -0.2) is 39.3 Å². The molecule has 1 N–H and O–H groups in total. The highest BCUT2D eigenvalue weighted by Crippen LogP contribution is 2.30. The molecule has 0 radical (unpaired) electrons. The normalized spacial score (nSPS) is 13.8. The van der Waals surface area contributed by atoms with E-state index >= 15 is 0 Å². The van der Waals surface area contributed by atoms with Gasteiger partial charge in [-0.2, -0.15) is 0 Å². The summed E-state index contributed by atoms with van der Waals surface area (Å²) in [6.45, 7) is 0.768. The van der Waals surface area contributed by atoms with Gasteiger partial charge in [-0.05, 0) is 48.7 Å². The molecule has 1 fully saturated rings. The topological polar surface area (TPSA) is 53.4 Å². The first kappa shape index (κ1) is 16.0. The molecule has 1 saturated carbocycles. The summed E-state index contributed by atoms with van der Waals surface area (Å²) in [5.74, 6) is 0.748. The Morgan fingerprint density at radius 1 is 1.26 bits per heavy atom. The van der Waals surface area contributed by atoms with E-state index in [2.05, 4.69) is 4.98 Å². The van der Waals surface area contributed by atoms with Gasteiger partial charge in [-0.3, -0.25) is 9.78 Å². The van der Waals surface area contributed by atoms with Crippen molar-refractivity contribution >= 4 is 17.7 Å². The number of aromatic nitrogens is 1. The van der Waals surface area contributed by atoms with Crippen molar-refractivity contribution in [2.45, 2.75) is 30.3 Å². The number of aliphatic hydroxyl groups is 1. The van der Waals surface area contributed by atoms with Crippen molar-refractivity contribution in [3.05, 3.63) is 59.9 Å². The predicted molar refractivity (Wildman–Crippen MR) is 91.4 cm³/mol. The molecule has 5 heteroatoms. The number of carbonyl (C=O) groups is 1. The summed E-state index contributed by atoms with van der Waals surface area (Å²) in [5.41, 5.74) is 1.78. The average molecular weight is 328 g/mol. The summed E-state index contributed by atoms with van der Waals surface area (Å²) >= 11 is 1.59. The standard InChI is InChI=1S/C18H20N2O2S/c21-10-11-23-17-7-3-15(4-8-17)18(22)20(16-5-6-16)13-14-2-1-9-19-12-14/h1-4,7-9,12,16,21H,5-6,10-11,13H2. The molecule has 1 aromatic carbocycles. The third-order valence-corrected chi connectivity index (χ3v) is 4.78. The molecule has 0 atom stereocenters. The number of amides is 1. The molecular weight excluding hydrogens is 308 g/mol. The van der Waals surface area contributed by atoms with Gasteiger partial charge in [0.2, 0.25) is 0 Å². The van der Waals surface area contributed by atoms with Gasteiger partial charge in [0.15, 0.2) is 0 Å². The Labute approximate surface area is 140 Å². The first-order valence-corrected chi connectivity index (χ1v) is 8.80. The zero-order chi connectivity index (χ0) is 16.1. The summed E-state index contributed by atoms with van der Waals surface area (Å²) in [7, 11) is 0. The quantitative estimate of drug-likeness (QED) is 0.794. The molecule has 1 amide bonds. The van der Waals surface area contributed by atoms with Crippen LogP contribution in [0.2, 0.25) is 0 Å². The van der Waals surface area contributed by atoms with Crippen LogP contribution in [0.3, 0.4) is 0 Å². The molecule has 2 aromatic rings. The van der Waals surface area contributed by atoms with Gasteiger partial charge in [0.05, 0.1) is 6.61 Å². The molecular formula is C18H20N2O2S. The molecule has 3 rings (SSSR count). The lowest BCUT2D eigenvalue weighted by Gasteiger charge is -2.22. The molecule has 0 aliphatic heterocycles. The minimum atomic E-state index is 0.0788. The molecule has 0 spiro atoms. The molecule has 4 nitrogen and oxygen atoms in total. The highest BCUT2D eigenvalue weighted by Gasteiger charge is 2.33. The van der Waals surface area contributed by atoms with E-state index in [4.69, 9.17) is 5.11 Å². The van der Waals surface area contributed by atoms with Crippen molar-refractivity contribution in [2.75, 3.05) is 12.4 Å². The minimum Gasteiger partial charge on any atom is -0.396 e. The maximum Gasteiger partial charge on any atom is 0.254 e. The molecule has 120 valence electrons. The number of nitrogens with zero attached hydrogens (tertiary/aromatic N) is 2. The Balaban J connectivity index is 1.71. The van der Waals surface area contributed by atoms with Crippen molar-refractivity contribution in [1.82, 2.24) is 9.88 Å². The van der Waals surface area contributed by atoms with Crippen LogP contribution in [0.5, 0.6) is 0 Å². The maximum absolute atomic E-state index is 12.8. The van der Waals surface area contributed by atoms with E-state index in [1.807, 2.05) is 47.5 Å². The van der Waals surface area contributed by atoms with Crippen LogP contribution in [0.15, 0.2) is 53.7 Å². The molecule has 1 aliphatic rings. The van der Waals surface area contributed by atoms with Crippen LogP contribution >= 0.6 is 11.8 Å². The lowest BCUT2D eigenvalue weighted by atomic mass is 10.1. The number of hydrogen-bond acceptors (Lipinski definition) is 4. The average Bonchev–Trinajstić information content (AvgIpc) is 3.43. The Bertz CT molecular complexity index is 642. The van der Waals surface area contributed by atoms with Crippen molar-refractivity contribution < 1.29 is 9.90 Å². The van der Waals surface area contributed by atoms with E-state index in [0.29, 0.717) is 23.9 Å². The highest BCUT2D eigenvalue weighted by molar-refractivity contribution is 7.99. The Morgan fingerprint density at radius 2 is 2.04 bits per heavy atom. The number of aliphatic hydroxyl groups excluding tert-OH is 1. The third-order valence-electron chi connectivity index (χ3n) is 3.79. The second-order valence-corrected chi connectivity index (χ2v) is 6.79. The van der Waals surface area contributed by atoms with Crippen molar-refractivity contribution in [2.24, 2.45) is 0 Å². The van der Waals surface area contributed by atoms with Gasteiger partial charge in [0.1, 0.15) is 0 Å². The van der Waals surface area contributed by atoms with Gasteiger partial charge in [-0.15, -0.1) is 11.8 Å². The number of pyridine rings is 1. The Hall–Kier alpha value is -1.85. The number of carbonyl (C=O) groups excluding carboxylic acids is 1. The van der Waals surface area contributed by atoms with Gasteiger partial charge in [0.25, 0.3) is 5.91 Å². The predicted octanol–water partition coefficient (Wildman–Crippen LogP) is 2.97. The molecule has 1 aliphatic carbocycles. The zero-order valence-corrected chi connectivity index (χ0v) is 13.7. The molecule has 1 heterocycles.